The van der Waals surface area contributed by atoms with Gasteiger partial charge in [-0.05, 0) is 66.8 Å². The molecule has 1 aliphatic rings. The minimum atomic E-state index is -0.667. The van der Waals surface area contributed by atoms with Crippen LogP contribution in [0.25, 0.3) is 0 Å². The first-order valence-electron chi connectivity index (χ1n) is 13.0. The number of amides is 2. The molecule has 38 heavy (non-hydrogen) atoms. The lowest BCUT2D eigenvalue weighted by molar-refractivity contribution is -0.127. The topological polar surface area (TPSA) is 58.6 Å². The summed E-state index contributed by atoms with van der Waals surface area (Å²) < 4.78 is 6.10. The molecule has 192 valence electrons. The first-order chi connectivity index (χ1) is 18.5. The largest absolute Gasteiger partial charge is 0.481 e. The fourth-order valence-electron chi connectivity index (χ4n) is 5.02. The third kappa shape index (κ3) is 5.62. The first kappa shape index (κ1) is 25.3. The number of carbonyl (C=O) groups is 2. The normalized spacial score (nSPS) is 15.3. The molecule has 5 rings (SSSR count). The second kappa shape index (κ2) is 11.3. The van der Waals surface area contributed by atoms with Gasteiger partial charge in [0, 0.05) is 18.7 Å². The second-order valence-electron chi connectivity index (χ2n) is 9.76. The molecule has 0 spiro atoms. The van der Waals surface area contributed by atoms with E-state index in [1.807, 2.05) is 83.8 Å². The van der Waals surface area contributed by atoms with E-state index in [0.29, 0.717) is 24.4 Å². The molecule has 0 saturated carbocycles. The summed E-state index contributed by atoms with van der Waals surface area (Å²) in [5.41, 5.74) is 6.11. The number of carbonyl (C=O) groups excluding carboxylic acids is 2. The number of fused-ring (bicyclic) bond motifs is 1. The minimum absolute atomic E-state index is 0.00253. The highest BCUT2D eigenvalue weighted by molar-refractivity contribution is 5.95. The molecular formula is C33H32N2O3. The van der Waals surface area contributed by atoms with Crippen molar-refractivity contribution in [2.45, 2.75) is 39.0 Å². The van der Waals surface area contributed by atoms with Crippen LogP contribution in [0.3, 0.4) is 0 Å². The smallest absolute Gasteiger partial charge is 0.261 e. The fourth-order valence-corrected chi connectivity index (χ4v) is 5.02. The van der Waals surface area contributed by atoms with Gasteiger partial charge in [0.2, 0.25) is 0 Å². The van der Waals surface area contributed by atoms with Gasteiger partial charge in [-0.3, -0.25) is 9.59 Å². The van der Waals surface area contributed by atoms with Gasteiger partial charge in [-0.15, -0.1) is 0 Å². The zero-order valence-electron chi connectivity index (χ0n) is 21.8. The number of nitrogens with one attached hydrogen (secondary N) is 1. The standard InChI is InChI=1S/C33H32N2O3/c1-23-10-9-15-28(20-23)31-30-21-29(38-24(2)32(36)34-22-25-11-5-3-6-12-25)17-16-26(30)18-19-35(31)33(37)27-13-7-4-8-14-27/h3-17,20-21,24,31H,18-19,22H2,1-2H3,(H,34,36). The van der Waals surface area contributed by atoms with Gasteiger partial charge < -0.3 is 15.0 Å². The predicted octanol–water partition coefficient (Wildman–Crippen LogP) is 5.87. The van der Waals surface area contributed by atoms with E-state index in [2.05, 4.69) is 36.5 Å². The Kier molecular flexibility index (Phi) is 7.55. The summed E-state index contributed by atoms with van der Waals surface area (Å²) >= 11 is 0. The summed E-state index contributed by atoms with van der Waals surface area (Å²) in [4.78, 5) is 28.4. The molecule has 0 bridgehead atoms. The Labute approximate surface area is 224 Å². The van der Waals surface area contributed by atoms with E-state index in [9.17, 15) is 9.59 Å². The van der Waals surface area contributed by atoms with Crippen molar-refractivity contribution in [2.24, 2.45) is 0 Å². The summed E-state index contributed by atoms with van der Waals surface area (Å²) in [5.74, 6) is 0.434. The monoisotopic (exact) mass is 504 g/mol. The number of nitrogens with zero attached hydrogens (tertiary/aromatic N) is 1. The van der Waals surface area contributed by atoms with Crippen LogP contribution in [0.5, 0.6) is 5.75 Å². The van der Waals surface area contributed by atoms with Crippen LogP contribution in [-0.2, 0) is 17.8 Å². The maximum Gasteiger partial charge on any atom is 0.261 e. The third-order valence-electron chi connectivity index (χ3n) is 6.98. The average molecular weight is 505 g/mol. The van der Waals surface area contributed by atoms with Crippen molar-refractivity contribution in [3.8, 4) is 5.75 Å². The van der Waals surface area contributed by atoms with Crippen molar-refractivity contribution in [3.05, 3.63) is 137 Å². The van der Waals surface area contributed by atoms with Crippen LogP contribution in [-0.4, -0.2) is 29.4 Å². The van der Waals surface area contributed by atoms with Gasteiger partial charge >= 0.3 is 0 Å². The zero-order valence-corrected chi connectivity index (χ0v) is 21.8. The van der Waals surface area contributed by atoms with Crippen LogP contribution >= 0.6 is 0 Å². The predicted molar refractivity (Wildman–Crippen MR) is 149 cm³/mol. The number of rotatable bonds is 7. The molecule has 1 aliphatic heterocycles. The van der Waals surface area contributed by atoms with E-state index < -0.39 is 6.10 Å². The van der Waals surface area contributed by atoms with Crippen molar-refractivity contribution in [3.63, 3.8) is 0 Å². The SMILES string of the molecule is Cc1cccc(C2c3cc(OC(C)C(=O)NCc4ccccc4)ccc3CCN2C(=O)c2ccccc2)c1. The Hall–Kier alpha value is -4.38. The third-order valence-corrected chi connectivity index (χ3v) is 6.98. The summed E-state index contributed by atoms with van der Waals surface area (Å²) in [5, 5.41) is 2.95. The minimum Gasteiger partial charge on any atom is -0.481 e. The lowest BCUT2D eigenvalue weighted by atomic mass is 9.87. The van der Waals surface area contributed by atoms with E-state index in [1.54, 1.807) is 6.92 Å². The highest BCUT2D eigenvalue weighted by Crippen LogP contribution is 2.38. The van der Waals surface area contributed by atoms with Crippen LogP contribution in [0.1, 0.15) is 51.1 Å². The number of ether oxygens (including phenoxy) is 1. The molecule has 2 atom stereocenters. The molecule has 0 saturated heterocycles. The molecule has 1 heterocycles. The fraction of sp³-hybridized carbons (Fsp3) is 0.212. The number of aryl methyl sites for hydroxylation is 1. The maximum absolute atomic E-state index is 13.7. The Morgan fingerprint density at radius 1 is 0.921 bits per heavy atom. The van der Waals surface area contributed by atoms with Crippen molar-refractivity contribution >= 4 is 11.8 Å². The van der Waals surface area contributed by atoms with Crippen molar-refractivity contribution in [2.75, 3.05) is 6.54 Å². The van der Waals surface area contributed by atoms with Gasteiger partial charge in [-0.25, -0.2) is 0 Å². The van der Waals surface area contributed by atoms with Crippen LogP contribution in [0.2, 0.25) is 0 Å². The maximum atomic E-state index is 13.7. The van der Waals surface area contributed by atoms with Crippen molar-refractivity contribution in [1.29, 1.82) is 0 Å². The molecule has 5 nitrogen and oxygen atoms in total. The van der Waals surface area contributed by atoms with Gasteiger partial charge in [0.15, 0.2) is 6.10 Å². The lowest BCUT2D eigenvalue weighted by Gasteiger charge is -2.38. The van der Waals surface area contributed by atoms with E-state index in [-0.39, 0.29) is 17.9 Å². The van der Waals surface area contributed by atoms with Crippen LogP contribution in [0.15, 0.2) is 103 Å². The Bertz CT molecular complexity index is 1420. The highest BCUT2D eigenvalue weighted by Gasteiger charge is 2.33. The van der Waals surface area contributed by atoms with Gasteiger partial charge in [-0.2, -0.15) is 0 Å². The Morgan fingerprint density at radius 3 is 2.39 bits per heavy atom. The number of benzene rings is 4. The summed E-state index contributed by atoms with van der Waals surface area (Å²) in [6.07, 6.45) is 0.0868. The van der Waals surface area contributed by atoms with Gasteiger partial charge in [0.05, 0.1) is 6.04 Å². The first-order valence-corrected chi connectivity index (χ1v) is 13.0. The van der Waals surface area contributed by atoms with E-state index in [4.69, 9.17) is 4.74 Å². The van der Waals surface area contributed by atoms with Crippen LogP contribution in [0, 0.1) is 6.92 Å². The Morgan fingerprint density at radius 2 is 1.66 bits per heavy atom. The van der Waals surface area contributed by atoms with Crippen molar-refractivity contribution in [1.82, 2.24) is 10.2 Å². The Balaban J connectivity index is 1.41. The van der Waals surface area contributed by atoms with E-state index in [1.165, 1.54) is 5.56 Å². The van der Waals surface area contributed by atoms with Gasteiger partial charge in [0.25, 0.3) is 11.8 Å². The molecule has 5 heteroatoms. The number of hydrogen-bond acceptors (Lipinski definition) is 3. The molecule has 2 unspecified atom stereocenters. The second-order valence-corrected chi connectivity index (χ2v) is 9.76. The molecule has 0 fully saturated rings. The quantitative estimate of drug-likeness (QED) is 0.343. The highest BCUT2D eigenvalue weighted by atomic mass is 16.5. The lowest BCUT2D eigenvalue weighted by Crippen LogP contribution is -2.40. The van der Waals surface area contributed by atoms with E-state index >= 15 is 0 Å². The van der Waals surface area contributed by atoms with Gasteiger partial charge in [0.1, 0.15) is 5.75 Å². The number of hydrogen-bond donors (Lipinski definition) is 1. The molecule has 0 radical (unpaired) electrons. The molecule has 4 aromatic rings. The zero-order chi connectivity index (χ0) is 26.5. The van der Waals surface area contributed by atoms with Crippen LogP contribution in [0.4, 0.5) is 0 Å². The molecule has 1 N–H and O–H groups in total. The molecule has 0 aliphatic carbocycles. The van der Waals surface area contributed by atoms with Crippen LogP contribution < -0.4 is 10.1 Å². The molecule has 0 aromatic heterocycles. The molecule has 4 aromatic carbocycles. The molecule has 2 amide bonds. The van der Waals surface area contributed by atoms with Gasteiger partial charge in [-0.1, -0.05) is 84.4 Å². The average Bonchev–Trinajstić information content (AvgIpc) is 2.95. The summed E-state index contributed by atoms with van der Waals surface area (Å²) in [6.45, 7) is 4.89. The van der Waals surface area contributed by atoms with Crippen molar-refractivity contribution < 1.29 is 14.3 Å². The van der Waals surface area contributed by atoms with E-state index in [0.717, 1.165) is 28.7 Å². The summed E-state index contributed by atoms with van der Waals surface area (Å²) in [7, 11) is 0. The summed E-state index contributed by atoms with van der Waals surface area (Å²) in [6, 6.07) is 33.3. The molecular weight excluding hydrogens is 472 g/mol.